The highest BCUT2D eigenvalue weighted by molar-refractivity contribution is 7.90. The molecular formula is C14H18N4O5S. The minimum absolute atomic E-state index is 0.134. The lowest BCUT2D eigenvalue weighted by Gasteiger charge is -2.26. The minimum Gasteiger partial charge on any atom is -0.399 e. The number of nitrogens with one attached hydrogen (secondary N) is 1. The van der Waals surface area contributed by atoms with Crippen LogP contribution in [0.15, 0.2) is 39.4 Å². The first-order valence-electron chi connectivity index (χ1n) is 6.85. The number of likely N-dealkylation sites (N-methyl/N-ethyl adjacent to an activating group) is 1. The Balaban J connectivity index is 2.60. The van der Waals surface area contributed by atoms with Gasteiger partial charge in [-0.15, -0.1) is 0 Å². The van der Waals surface area contributed by atoms with Crippen LogP contribution in [-0.4, -0.2) is 61.9 Å². The summed E-state index contributed by atoms with van der Waals surface area (Å²) in [5.41, 5.74) is 1.05. The lowest BCUT2D eigenvalue weighted by atomic mass is 9.85. The van der Waals surface area contributed by atoms with Gasteiger partial charge in [-0.1, -0.05) is 17.3 Å². The molecule has 1 aliphatic rings. The normalized spacial score (nSPS) is 21.9. The maximum atomic E-state index is 12.5. The van der Waals surface area contributed by atoms with Gasteiger partial charge in [-0.2, -0.15) is 10.6 Å². The zero-order valence-corrected chi connectivity index (χ0v) is 14.5. The van der Waals surface area contributed by atoms with Crippen molar-refractivity contribution >= 4 is 27.2 Å². The first kappa shape index (κ1) is 18.0. The fourth-order valence-electron chi connectivity index (χ4n) is 2.46. The summed E-state index contributed by atoms with van der Waals surface area (Å²) in [5.74, 6) is -0.550. The van der Waals surface area contributed by atoms with Crippen LogP contribution in [0, 0.1) is 0 Å². The van der Waals surface area contributed by atoms with E-state index in [4.69, 9.17) is 4.84 Å². The maximum absolute atomic E-state index is 12.5. The number of sulfone groups is 1. The summed E-state index contributed by atoms with van der Waals surface area (Å²) in [6.07, 6.45) is 1.10. The molecule has 0 saturated heterocycles. The summed E-state index contributed by atoms with van der Waals surface area (Å²) in [5, 5.41) is 18.7. The van der Waals surface area contributed by atoms with Gasteiger partial charge in [-0.3, -0.25) is 4.79 Å². The van der Waals surface area contributed by atoms with Crippen LogP contribution >= 0.6 is 0 Å². The summed E-state index contributed by atoms with van der Waals surface area (Å²) in [7, 11) is -0.598. The molecule has 1 heterocycles. The van der Waals surface area contributed by atoms with Crippen molar-refractivity contribution in [3.05, 3.63) is 29.8 Å². The summed E-state index contributed by atoms with van der Waals surface area (Å²) in [4.78, 5) is 17.4. The van der Waals surface area contributed by atoms with E-state index < -0.39 is 21.3 Å². The number of oxime groups is 1. The zero-order chi connectivity index (χ0) is 18.1. The molecule has 2 rings (SSSR count). The number of carbonyl (C=O) groups excluding carboxylic acids is 1. The van der Waals surface area contributed by atoms with Gasteiger partial charge in [0.2, 0.25) is 5.54 Å². The molecule has 0 bridgehead atoms. The van der Waals surface area contributed by atoms with Crippen molar-refractivity contribution in [2.24, 2.45) is 10.3 Å². The molecule has 1 aromatic carbocycles. The molecule has 1 amide bonds. The molecule has 0 aliphatic carbocycles. The zero-order valence-electron chi connectivity index (χ0n) is 13.6. The third-order valence-corrected chi connectivity index (χ3v) is 4.84. The Bertz CT molecular complexity index is 816. The number of hydrogen-bond donors (Lipinski definition) is 2. The predicted octanol–water partition coefficient (Wildman–Crippen LogP) is 0.00610. The molecule has 0 fully saturated rings. The lowest BCUT2D eigenvalue weighted by Crippen LogP contribution is -2.61. The van der Waals surface area contributed by atoms with Gasteiger partial charge in [0.15, 0.2) is 9.84 Å². The van der Waals surface area contributed by atoms with Crippen molar-refractivity contribution in [2.45, 2.75) is 17.4 Å². The quantitative estimate of drug-likeness (QED) is 0.567. The standard InChI is InChI=1S/C14H18N4O5S/c1-9(16-23-3)14(17-20)12(15-18(2)13(14)19)10-5-7-11(8-6-10)24(4,21)22/h5-8,17,20H,1-4H3. The van der Waals surface area contributed by atoms with E-state index in [0.29, 0.717) is 5.56 Å². The molecular weight excluding hydrogens is 336 g/mol. The summed E-state index contributed by atoms with van der Waals surface area (Å²) >= 11 is 0. The molecule has 0 aromatic heterocycles. The third kappa shape index (κ3) is 2.79. The van der Waals surface area contributed by atoms with Gasteiger partial charge in [-0.25, -0.2) is 13.4 Å². The first-order valence-corrected chi connectivity index (χ1v) is 8.75. The van der Waals surface area contributed by atoms with Crippen LogP contribution in [0.3, 0.4) is 0 Å². The SMILES string of the molecule is CON=C(C)C1(NO)C(=O)N(C)N=C1c1ccc(S(C)(=O)=O)cc1. The number of nitrogens with zero attached hydrogens (tertiary/aromatic N) is 3. The van der Waals surface area contributed by atoms with Crippen LogP contribution in [0.1, 0.15) is 12.5 Å². The number of hydroxylamine groups is 1. The summed E-state index contributed by atoms with van der Waals surface area (Å²) in [6, 6.07) is 5.82. The lowest BCUT2D eigenvalue weighted by molar-refractivity contribution is -0.133. The second-order valence-electron chi connectivity index (χ2n) is 5.29. The molecule has 130 valence electrons. The Hall–Kier alpha value is -2.30. The highest BCUT2D eigenvalue weighted by atomic mass is 32.2. The van der Waals surface area contributed by atoms with Crippen molar-refractivity contribution in [2.75, 3.05) is 20.4 Å². The topological polar surface area (TPSA) is 121 Å². The highest BCUT2D eigenvalue weighted by Gasteiger charge is 2.53. The van der Waals surface area contributed by atoms with Gasteiger partial charge in [0.05, 0.1) is 10.6 Å². The summed E-state index contributed by atoms with van der Waals surface area (Å²) < 4.78 is 23.1. The molecule has 1 unspecified atom stereocenters. The van der Waals surface area contributed by atoms with Crippen molar-refractivity contribution in [1.82, 2.24) is 10.5 Å². The Labute approximate surface area is 139 Å². The number of carbonyl (C=O) groups is 1. The monoisotopic (exact) mass is 354 g/mol. The molecule has 0 spiro atoms. The van der Waals surface area contributed by atoms with Crippen LogP contribution in [0.2, 0.25) is 0 Å². The van der Waals surface area contributed by atoms with Crippen molar-refractivity contribution in [3.8, 4) is 0 Å². The Morgan fingerprint density at radius 3 is 2.42 bits per heavy atom. The van der Waals surface area contributed by atoms with Crippen LogP contribution < -0.4 is 5.48 Å². The molecule has 0 saturated carbocycles. The number of rotatable bonds is 5. The Kier molecular flexibility index (Phi) is 4.74. The largest absolute Gasteiger partial charge is 0.399 e. The van der Waals surface area contributed by atoms with Crippen LogP contribution in [0.25, 0.3) is 0 Å². The Morgan fingerprint density at radius 2 is 1.96 bits per heavy atom. The molecule has 1 aromatic rings. The van der Waals surface area contributed by atoms with Gasteiger partial charge in [0, 0.05) is 18.9 Å². The molecule has 0 radical (unpaired) electrons. The van der Waals surface area contributed by atoms with E-state index in [0.717, 1.165) is 11.3 Å². The number of hydrogen-bond acceptors (Lipinski definition) is 8. The van der Waals surface area contributed by atoms with E-state index in [-0.39, 0.29) is 16.3 Å². The van der Waals surface area contributed by atoms with Gasteiger partial charge >= 0.3 is 0 Å². The average molecular weight is 354 g/mol. The van der Waals surface area contributed by atoms with E-state index in [1.807, 2.05) is 5.48 Å². The van der Waals surface area contributed by atoms with E-state index >= 15 is 0 Å². The van der Waals surface area contributed by atoms with E-state index in [9.17, 15) is 18.4 Å². The van der Waals surface area contributed by atoms with Gasteiger partial charge in [0.1, 0.15) is 12.8 Å². The van der Waals surface area contributed by atoms with E-state index in [1.165, 1.54) is 45.3 Å². The predicted molar refractivity (Wildman–Crippen MR) is 86.6 cm³/mol. The maximum Gasteiger partial charge on any atom is 0.277 e. The first-order chi connectivity index (χ1) is 11.2. The number of amides is 1. The van der Waals surface area contributed by atoms with Crippen LogP contribution in [0.5, 0.6) is 0 Å². The van der Waals surface area contributed by atoms with E-state index in [2.05, 4.69) is 10.3 Å². The average Bonchev–Trinajstić information content (AvgIpc) is 2.79. The van der Waals surface area contributed by atoms with Gasteiger partial charge in [-0.05, 0) is 19.1 Å². The Morgan fingerprint density at radius 1 is 1.38 bits per heavy atom. The molecule has 1 atom stereocenters. The highest BCUT2D eigenvalue weighted by Crippen LogP contribution is 2.26. The van der Waals surface area contributed by atoms with Crippen molar-refractivity contribution < 1.29 is 23.3 Å². The smallest absolute Gasteiger partial charge is 0.277 e. The number of benzene rings is 1. The molecule has 10 heteroatoms. The minimum atomic E-state index is -3.35. The third-order valence-electron chi connectivity index (χ3n) is 3.71. The fraction of sp³-hybridized carbons (Fsp3) is 0.357. The van der Waals surface area contributed by atoms with Gasteiger partial charge in [0.25, 0.3) is 5.91 Å². The number of hydrazone groups is 1. The van der Waals surface area contributed by atoms with Gasteiger partial charge < -0.3 is 10.0 Å². The molecule has 2 N–H and O–H groups in total. The summed E-state index contributed by atoms with van der Waals surface area (Å²) in [6.45, 7) is 1.50. The van der Waals surface area contributed by atoms with Crippen molar-refractivity contribution in [3.63, 3.8) is 0 Å². The second-order valence-corrected chi connectivity index (χ2v) is 7.31. The fourth-order valence-corrected chi connectivity index (χ4v) is 3.09. The molecule has 9 nitrogen and oxygen atoms in total. The molecule has 1 aliphatic heterocycles. The molecule has 24 heavy (non-hydrogen) atoms. The van der Waals surface area contributed by atoms with Crippen LogP contribution in [-0.2, 0) is 19.5 Å². The van der Waals surface area contributed by atoms with Crippen molar-refractivity contribution in [1.29, 1.82) is 0 Å². The van der Waals surface area contributed by atoms with E-state index in [1.54, 1.807) is 0 Å². The second kappa shape index (κ2) is 6.30. The van der Waals surface area contributed by atoms with Crippen LogP contribution in [0.4, 0.5) is 0 Å².